The van der Waals surface area contributed by atoms with E-state index < -0.39 is 0 Å². The van der Waals surface area contributed by atoms with Gasteiger partial charge in [0.25, 0.3) is 0 Å². The van der Waals surface area contributed by atoms with Crippen LogP contribution in [-0.2, 0) is 0 Å². The lowest BCUT2D eigenvalue weighted by atomic mass is 9.94. The number of pyridine rings is 1. The molecule has 4 rings (SSSR count). The van der Waals surface area contributed by atoms with Crippen LogP contribution in [-0.4, -0.2) is 51.6 Å². The lowest BCUT2D eigenvalue weighted by molar-refractivity contribution is 0.257. The van der Waals surface area contributed by atoms with Crippen molar-refractivity contribution >= 4 is 17.3 Å². The van der Waals surface area contributed by atoms with Crippen molar-refractivity contribution in [1.29, 1.82) is 0 Å². The topological polar surface area (TPSA) is 36.3 Å². The van der Waals surface area contributed by atoms with Crippen molar-refractivity contribution in [2.45, 2.75) is 50.2 Å². The molecule has 0 aromatic carbocycles. The largest absolute Gasteiger partial charge is 0.352 e. The van der Waals surface area contributed by atoms with E-state index in [2.05, 4.69) is 69.2 Å². The van der Waals surface area contributed by atoms with Crippen molar-refractivity contribution in [3.63, 3.8) is 0 Å². The smallest absolute Gasteiger partial charge is 0.170 e. The highest BCUT2D eigenvalue weighted by Gasteiger charge is 2.41. The van der Waals surface area contributed by atoms with Gasteiger partial charge in [-0.2, -0.15) is 0 Å². The van der Waals surface area contributed by atoms with Gasteiger partial charge in [-0.15, -0.1) is 0 Å². The third-order valence-electron chi connectivity index (χ3n) is 6.07. The Bertz CT molecular complexity index is 781. The van der Waals surface area contributed by atoms with Crippen LogP contribution in [0.2, 0.25) is 0 Å². The number of nitrogens with zero attached hydrogens (tertiary/aromatic N) is 4. The monoisotopic (exact) mass is 397 g/mol. The molecular weight excluding hydrogens is 366 g/mol. The lowest BCUT2D eigenvalue weighted by Crippen LogP contribution is -2.36. The molecular formula is C22H31N5S. The van der Waals surface area contributed by atoms with Gasteiger partial charge in [-0.25, -0.2) is 0 Å². The second-order valence-electron chi connectivity index (χ2n) is 8.26. The van der Waals surface area contributed by atoms with Gasteiger partial charge in [0.15, 0.2) is 5.11 Å². The molecule has 1 N–H and O–H groups in total. The zero-order valence-corrected chi connectivity index (χ0v) is 17.7. The Balaban J connectivity index is 1.70. The van der Waals surface area contributed by atoms with Crippen LogP contribution >= 0.6 is 12.2 Å². The normalized spacial score (nSPS) is 23.4. The summed E-state index contributed by atoms with van der Waals surface area (Å²) in [5, 5.41) is 4.41. The molecule has 1 aliphatic carbocycles. The van der Waals surface area contributed by atoms with Gasteiger partial charge in [0.1, 0.15) is 0 Å². The number of rotatable bonds is 6. The Hall–Kier alpha value is -1.92. The number of thiocarbonyl (C=S) groups is 1. The molecule has 150 valence electrons. The fourth-order valence-electron chi connectivity index (χ4n) is 4.63. The predicted octanol–water partition coefficient (Wildman–Crippen LogP) is 3.92. The van der Waals surface area contributed by atoms with Crippen LogP contribution in [0.1, 0.15) is 61.6 Å². The summed E-state index contributed by atoms with van der Waals surface area (Å²) in [6.07, 6.45) is 10.7. The third-order valence-corrected chi connectivity index (χ3v) is 6.42. The van der Waals surface area contributed by atoms with Gasteiger partial charge in [0.05, 0.1) is 17.8 Å². The second kappa shape index (κ2) is 8.62. The Labute approximate surface area is 173 Å². The van der Waals surface area contributed by atoms with E-state index in [9.17, 15) is 0 Å². The number of hydrogen-bond donors (Lipinski definition) is 1. The van der Waals surface area contributed by atoms with Crippen LogP contribution in [0.5, 0.6) is 0 Å². The minimum absolute atomic E-state index is 0.0769. The summed E-state index contributed by atoms with van der Waals surface area (Å²) in [4.78, 5) is 9.24. The average Bonchev–Trinajstić information content (AvgIpc) is 3.32. The number of nitrogens with one attached hydrogen (secondary N) is 1. The molecule has 0 unspecified atom stereocenters. The summed E-state index contributed by atoms with van der Waals surface area (Å²) in [7, 11) is 4.23. The van der Waals surface area contributed by atoms with E-state index in [0.29, 0.717) is 6.04 Å². The summed E-state index contributed by atoms with van der Waals surface area (Å²) in [5.74, 6) is 0. The van der Waals surface area contributed by atoms with Crippen LogP contribution in [0.4, 0.5) is 0 Å². The zero-order chi connectivity index (χ0) is 19.5. The van der Waals surface area contributed by atoms with E-state index >= 15 is 0 Å². The molecule has 2 aromatic heterocycles. The Morgan fingerprint density at radius 1 is 1.14 bits per heavy atom. The minimum atomic E-state index is 0.0769. The van der Waals surface area contributed by atoms with Crippen LogP contribution in [0.25, 0.3) is 0 Å². The molecule has 1 saturated heterocycles. The number of hydrogen-bond acceptors (Lipinski definition) is 3. The van der Waals surface area contributed by atoms with Crippen LogP contribution in [0.15, 0.2) is 42.7 Å². The van der Waals surface area contributed by atoms with Crippen LogP contribution < -0.4 is 5.32 Å². The van der Waals surface area contributed by atoms with Crippen LogP contribution in [0.3, 0.4) is 0 Å². The highest BCUT2D eigenvalue weighted by molar-refractivity contribution is 7.80. The van der Waals surface area contributed by atoms with Crippen molar-refractivity contribution in [3.05, 3.63) is 54.1 Å². The van der Waals surface area contributed by atoms with E-state index in [0.717, 1.165) is 23.9 Å². The van der Waals surface area contributed by atoms with E-state index in [1.807, 2.05) is 12.3 Å². The first-order valence-corrected chi connectivity index (χ1v) is 10.9. The van der Waals surface area contributed by atoms with Gasteiger partial charge in [-0.3, -0.25) is 4.98 Å². The van der Waals surface area contributed by atoms with Gasteiger partial charge in [0, 0.05) is 37.2 Å². The fourth-order valence-corrected chi connectivity index (χ4v) is 4.96. The molecule has 0 amide bonds. The maximum absolute atomic E-state index is 5.78. The van der Waals surface area contributed by atoms with E-state index in [1.54, 1.807) is 0 Å². The molecule has 3 heterocycles. The summed E-state index contributed by atoms with van der Waals surface area (Å²) in [5.41, 5.74) is 2.41. The summed E-state index contributed by atoms with van der Waals surface area (Å²) in [6.45, 7) is 1.88. The molecule has 2 aromatic rings. The second-order valence-corrected chi connectivity index (χ2v) is 8.64. The summed E-state index contributed by atoms with van der Waals surface area (Å²) >= 11 is 5.78. The molecule has 2 fully saturated rings. The molecule has 2 aliphatic rings. The molecule has 2 atom stereocenters. The highest BCUT2D eigenvalue weighted by Crippen LogP contribution is 2.41. The first-order chi connectivity index (χ1) is 13.6. The fraction of sp³-hybridized carbons (Fsp3) is 0.545. The first kappa shape index (κ1) is 19.4. The van der Waals surface area contributed by atoms with Crippen molar-refractivity contribution in [2.75, 3.05) is 27.2 Å². The van der Waals surface area contributed by atoms with Gasteiger partial charge in [-0.05, 0) is 63.4 Å². The SMILES string of the molecule is CN(C)CCN1C(=S)N[C@@H](c2ccccn2)[C@H]1c1cccn1C1CCCCC1. The summed E-state index contributed by atoms with van der Waals surface area (Å²) in [6, 6.07) is 11.5. The molecule has 28 heavy (non-hydrogen) atoms. The van der Waals surface area contributed by atoms with Crippen molar-refractivity contribution in [1.82, 2.24) is 24.7 Å². The lowest BCUT2D eigenvalue weighted by Gasteiger charge is -2.33. The van der Waals surface area contributed by atoms with Crippen molar-refractivity contribution in [3.8, 4) is 0 Å². The third kappa shape index (κ3) is 3.94. The molecule has 6 heteroatoms. The van der Waals surface area contributed by atoms with E-state index in [-0.39, 0.29) is 12.1 Å². The van der Waals surface area contributed by atoms with Gasteiger partial charge >= 0.3 is 0 Å². The number of aromatic nitrogens is 2. The molecule has 1 saturated carbocycles. The Morgan fingerprint density at radius 3 is 2.68 bits per heavy atom. The zero-order valence-electron chi connectivity index (χ0n) is 16.9. The van der Waals surface area contributed by atoms with Gasteiger partial charge in [-0.1, -0.05) is 25.3 Å². The Kier molecular flexibility index (Phi) is 5.97. The molecule has 0 bridgehead atoms. The van der Waals surface area contributed by atoms with E-state index in [1.165, 1.54) is 37.8 Å². The maximum Gasteiger partial charge on any atom is 0.170 e. The van der Waals surface area contributed by atoms with Gasteiger partial charge in [0.2, 0.25) is 0 Å². The Morgan fingerprint density at radius 2 is 1.96 bits per heavy atom. The molecule has 0 spiro atoms. The predicted molar refractivity (Wildman–Crippen MR) is 117 cm³/mol. The molecule has 0 radical (unpaired) electrons. The van der Waals surface area contributed by atoms with Crippen molar-refractivity contribution in [2.24, 2.45) is 0 Å². The number of likely N-dealkylation sites (N-methyl/N-ethyl adjacent to an activating group) is 1. The molecule has 5 nitrogen and oxygen atoms in total. The maximum atomic E-state index is 5.78. The minimum Gasteiger partial charge on any atom is -0.352 e. The summed E-state index contributed by atoms with van der Waals surface area (Å²) < 4.78 is 2.53. The highest BCUT2D eigenvalue weighted by atomic mass is 32.1. The van der Waals surface area contributed by atoms with Gasteiger partial charge < -0.3 is 19.7 Å². The average molecular weight is 398 g/mol. The van der Waals surface area contributed by atoms with Crippen molar-refractivity contribution < 1.29 is 0 Å². The van der Waals surface area contributed by atoms with Crippen LogP contribution in [0, 0.1) is 0 Å². The van der Waals surface area contributed by atoms with E-state index in [4.69, 9.17) is 12.2 Å². The molecule has 1 aliphatic heterocycles. The quantitative estimate of drug-likeness (QED) is 0.748. The first-order valence-electron chi connectivity index (χ1n) is 10.4. The standard InChI is InChI=1S/C22H31N5S/c1-25(2)15-16-27-21(20(24-22(27)28)18-11-6-7-13-23-18)19-12-8-14-26(19)17-9-4-3-5-10-17/h6-8,11-14,17,20-21H,3-5,9-10,15-16H2,1-2H3,(H,24,28)/t20-,21+/m0/s1.